The number of aromatic carboxylic acids is 2. The SMILES string of the molecule is Cc1ccccc1Oc1ccc(N2C(=S)N[C@@H](c3ccccn3)[C@H]2c2ccc(-c3cc(C(=O)O)cc(C(=O)O)c3)o2)cc1. The van der Waals surface area contributed by atoms with Crippen molar-refractivity contribution in [3.8, 4) is 22.8 Å². The first-order valence-corrected chi connectivity index (χ1v) is 13.8. The molecule has 0 saturated carbocycles. The number of benzene rings is 3. The van der Waals surface area contributed by atoms with Gasteiger partial charge in [-0.05, 0) is 97.5 Å². The summed E-state index contributed by atoms with van der Waals surface area (Å²) in [6.45, 7) is 1.98. The topological polar surface area (TPSA) is 125 Å². The molecule has 5 aromatic rings. The van der Waals surface area contributed by atoms with Crippen LogP contribution in [0.3, 0.4) is 0 Å². The molecule has 10 heteroatoms. The zero-order chi connectivity index (χ0) is 30.1. The van der Waals surface area contributed by atoms with E-state index in [1.807, 2.05) is 78.6 Å². The number of aromatic nitrogens is 1. The number of hydrogen-bond acceptors (Lipinski definition) is 6. The number of thiocarbonyl (C=S) groups is 1. The second-order valence-electron chi connectivity index (χ2n) is 9.97. The Labute approximate surface area is 252 Å². The summed E-state index contributed by atoms with van der Waals surface area (Å²) in [5, 5.41) is 22.9. The number of para-hydroxylation sites is 1. The summed E-state index contributed by atoms with van der Waals surface area (Å²) in [6, 6.07) is 27.5. The third kappa shape index (κ3) is 5.55. The number of pyridine rings is 1. The predicted molar refractivity (Wildman–Crippen MR) is 164 cm³/mol. The van der Waals surface area contributed by atoms with Crippen molar-refractivity contribution in [1.82, 2.24) is 10.3 Å². The minimum Gasteiger partial charge on any atom is -0.478 e. The van der Waals surface area contributed by atoms with Gasteiger partial charge in [0.05, 0.1) is 22.9 Å². The minimum atomic E-state index is -1.24. The Balaban J connectivity index is 1.38. The molecule has 1 fully saturated rings. The number of nitrogens with one attached hydrogen (secondary N) is 1. The van der Waals surface area contributed by atoms with E-state index in [1.165, 1.54) is 12.1 Å². The molecule has 214 valence electrons. The monoisotopic (exact) mass is 591 g/mol. The highest BCUT2D eigenvalue weighted by Crippen LogP contribution is 2.43. The van der Waals surface area contributed by atoms with Crippen LogP contribution in [0.2, 0.25) is 0 Å². The number of hydrogen-bond donors (Lipinski definition) is 3. The molecule has 43 heavy (non-hydrogen) atoms. The molecule has 1 aliphatic rings. The minimum absolute atomic E-state index is 0.155. The molecule has 6 rings (SSSR count). The largest absolute Gasteiger partial charge is 0.478 e. The van der Waals surface area contributed by atoms with Gasteiger partial charge in [-0.2, -0.15) is 0 Å². The molecule has 9 nitrogen and oxygen atoms in total. The predicted octanol–water partition coefficient (Wildman–Crippen LogP) is 7.02. The summed E-state index contributed by atoms with van der Waals surface area (Å²) in [5.74, 6) is -0.198. The molecule has 0 unspecified atom stereocenters. The Morgan fingerprint density at radius 2 is 1.60 bits per heavy atom. The average Bonchev–Trinajstić information content (AvgIpc) is 3.64. The Kier molecular flexibility index (Phi) is 7.35. The summed E-state index contributed by atoms with van der Waals surface area (Å²) >= 11 is 5.81. The lowest BCUT2D eigenvalue weighted by Gasteiger charge is -2.26. The number of aryl methyl sites for hydroxylation is 1. The van der Waals surface area contributed by atoms with E-state index in [1.54, 1.807) is 18.3 Å². The first-order chi connectivity index (χ1) is 20.8. The van der Waals surface area contributed by atoms with Gasteiger partial charge in [-0.1, -0.05) is 24.3 Å². The summed E-state index contributed by atoms with van der Waals surface area (Å²) in [7, 11) is 0. The van der Waals surface area contributed by atoms with Gasteiger partial charge in [0, 0.05) is 17.4 Å². The van der Waals surface area contributed by atoms with E-state index in [0.717, 1.165) is 28.8 Å². The summed E-state index contributed by atoms with van der Waals surface area (Å²) in [4.78, 5) is 29.9. The number of carboxylic acid groups (broad SMARTS) is 2. The summed E-state index contributed by atoms with van der Waals surface area (Å²) in [6.07, 6.45) is 1.70. The van der Waals surface area contributed by atoms with Gasteiger partial charge in [-0.3, -0.25) is 4.98 Å². The first kappa shape index (κ1) is 27.7. The van der Waals surface area contributed by atoms with Crippen LogP contribution in [0.5, 0.6) is 11.5 Å². The molecule has 0 radical (unpaired) electrons. The second kappa shape index (κ2) is 11.4. The third-order valence-electron chi connectivity index (χ3n) is 7.16. The fraction of sp³-hybridized carbons (Fsp3) is 0.0909. The molecule has 2 aromatic heterocycles. The molecular formula is C33H25N3O6S. The molecule has 0 spiro atoms. The number of nitrogens with zero attached hydrogens (tertiary/aromatic N) is 2. The Morgan fingerprint density at radius 3 is 2.26 bits per heavy atom. The molecule has 1 saturated heterocycles. The number of furan rings is 1. The number of ether oxygens (including phenoxy) is 1. The molecule has 3 N–H and O–H groups in total. The van der Waals surface area contributed by atoms with E-state index in [-0.39, 0.29) is 17.2 Å². The van der Waals surface area contributed by atoms with Crippen molar-refractivity contribution in [2.45, 2.75) is 19.0 Å². The molecule has 3 heterocycles. The Hall–Kier alpha value is -5.48. The van der Waals surface area contributed by atoms with Crippen LogP contribution >= 0.6 is 12.2 Å². The van der Waals surface area contributed by atoms with Gasteiger partial charge in [-0.15, -0.1) is 0 Å². The van der Waals surface area contributed by atoms with Crippen molar-refractivity contribution < 1.29 is 29.0 Å². The van der Waals surface area contributed by atoms with Crippen LogP contribution in [0.25, 0.3) is 11.3 Å². The van der Waals surface area contributed by atoms with Crippen molar-refractivity contribution in [3.05, 3.63) is 131 Å². The van der Waals surface area contributed by atoms with Crippen LogP contribution in [0.15, 0.2) is 108 Å². The second-order valence-corrected chi connectivity index (χ2v) is 10.4. The van der Waals surface area contributed by atoms with Gasteiger partial charge < -0.3 is 29.6 Å². The van der Waals surface area contributed by atoms with Crippen LogP contribution in [0.4, 0.5) is 5.69 Å². The van der Waals surface area contributed by atoms with E-state index in [4.69, 9.17) is 21.4 Å². The van der Waals surface area contributed by atoms with E-state index in [0.29, 0.717) is 27.9 Å². The lowest BCUT2D eigenvalue weighted by atomic mass is 10.0. The molecule has 0 aliphatic carbocycles. The number of carboxylic acids is 2. The molecule has 2 atom stereocenters. The number of rotatable bonds is 8. The highest BCUT2D eigenvalue weighted by Gasteiger charge is 2.42. The third-order valence-corrected chi connectivity index (χ3v) is 7.48. The highest BCUT2D eigenvalue weighted by atomic mass is 32.1. The van der Waals surface area contributed by atoms with E-state index < -0.39 is 18.0 Å². The van der Waals surface area contributed by atoms with Crippen molar-refractivity contribution in [2.24, 2.45) is 0 Å². The maximum atomic E-state index is 11.7. The molecule has 0 amide bonds. The molecular weight excluding hydrogens is 566 g/mol. The van der Waals surface area contributed by atoms with Crippen LogP contribution in [0, 0.1) is 6.92 Å². The van der Waals surface area contributed by atoms with E-state index in [2.05, 4.69) is 10.3 Å². The fourth-order valence-corrected chi connectivity index (χ4v) is 5.42. The number of anilines is 1. The molecule has 0 bridgehead atoms. The first-order valence-electron chi connectivity index (χ1n) is 13.3. The van der Waals surface area contributed by atoms with Crippen LogP contribution < -0.4 is 15.0 Å². The van der Waals surface area contributed by atoms with Gasteiger partial charge in [0.25, 0.3) is 0 Å². The van der Waals surface area contributed by atoms with Gasteiger partial charge in [0.2, 0.25) is 0 Å². The molecule has 1 aliphatic heterocycles. The number of carbonyl (C=O) groups is 2. The van der Waals surface area contributed by atoms with Crippen molar-refractivity contribution in [2.75, 3.05) is 4.90 Å². The van der Waals surface area contributed by atoms with Crippen molar-refractivity contribution >= 4 is 35.0 Å². The van der Waals surface area contributed by atoms with E-state index >= 15 is 0 Å². The standard InChI is InChI=1S/C33H25N3O6S/c1-19-6-2-3-8-26(19)41-24-11-9-23(10-12-24)36-30(29(35-33(36)43)25-7-4-5-15-34-25)28-14-13-27(42-28)20-16-21(31(37)38)18-22(17-20)32(39)40/h2-18,29-30H,1H3,(H,35,43)(H,37,38)(H,39,40)/t29-,30+/m0/s1. The van der Waals surface area contributed by atoms with Gasteiger partial charge in [-0.25, -0.2) is 9.59 Å². The van der Waals surface area contributed by atoms with Crippen LogP contribution in [0.1, 0.15) is 49.8 Å². The normalized spacial score (nSPS) is 16.1. The lowest BCUT2D eigenvalue weighted by Crippen LogP contribution is -2.29. The van der Waals surface area contributed by atoms with Gasteiger partial charge in [0.15, 0.2) is 5.11 Å². The van der Waals surface area contributed by atoms with Crippen molar-refractivity contribution in [1.29, 1.82) is 0 Å². The maximum Gasteiger partial charge on any atom is 0.335 e. The summed E-state index contributed by atoms with van der Waals surface area (Å²) < 4.78 is 12.4. The zero-order valence-electron chi connectivity index (χ0n) is 22.8. The Bertz CT molecular complexity index is 1810. The van der Waals surface area contributed by atoms with Crippen LogP contribution in [-0.4, -0.2) is 32.2 Å². The van der Waals surface area contributed by atoms with Crippen molar-refractivity contribution in [3.63, 3.8) is 0 Å². The Morgan fingerprint density at radius 1 is 0.907 bits per heavy atom. The summed E-state index contributed by atoms with van der Waals surface area (Å²) in [5.41, 5.74) is 2.58. The maximum absolute atomic E-state index is 11.7. The molecule has 3 aromatic carbocycles. The zero-order valence-corrected chi connectivity index (χ0v) is 23.6. The van der Waals surface area contributed by atoms with Crippen LogP contribution in [-0.2, 0) is 0 Å². The quantitative estimate of drug-likeness (QED) is 0.162. The van der Waals surface area contributed by atoms with E-state index in [9.17, 15) is 19.8 Å². The fourth-order valence-electron chi connectivity index (χ4n) is 5.08. The smallest absolute Gasteiger partial charge is 0.335 e. The highest BCUT2D eigenvalue weighted by molar-refractivity contribution is 7.80. The van der Waals surface area contributed by atoms with Gasteiger partial charge in [0.1, 0.15) is 29.1 Å². The lowest BCUT2D eigenvalue weighted by molar-refractivity contribution is 0.0696. The average molecular weight is 592 g/mol. The van der Waals surface area contributed by atoms with Gasteiger partial charge >= 0.3 is 11.9 Å².